The third kappa shape index (κ3) is 4.97. The number of nitrogens with zero attached hydrogens (tertiary/aromatic N) is 2. The van der Waals surface area contributed by atoms with Crippen LogP contribution < -0.4 is 10.1 Å². The molecule has 1 aliphatic carbocycles. The van der Waals surface area contributed by atoms with E-state index in [4.69, 9.17) is 4.74 Å². The van der Waals surface area contributed by atoms with Gasteiger partial charge in [-0.3, -0.25) is 4.79 Å². The van der Waals surface area contributed by atoms with Gasteiger partial charge in [-0.15, -0.1) is 0 Å². The Kier molecular flexibility index (Phi) is 6.31. The van der Waals surface area contributed by atoms with Crippen LogP contribution in [0.2, 0.25) is 0 Å². The van der Waals surface area contributed by atoms with Gasteiger partial charge in [0, 0.05) is 31.8 Å². The highest BCUT2D eigenvalue weighted by Gasteiger charge is 2.14. The van der Waals surface area contributed by atoms with Gasteiger partial charge in [0.25, 0.3) is 0 Å². The van der Waals surface area contributed by atoms with Gasteiger partial charge in [-0.2, -0.15) is 0 Å². The van der Waals surface area contributed by atoms with Crippen molar-refractivity contribution in [1.82, 2.24) is 14.7 Å². The van der Waals surface area contributed by atoms with Gasteiger partial charge >= 0.3 is 0 Å². The molecule has 1 N–H and O–H groups in total. The van der Waals surface area contributed by atoms with Crippen molar-refractivity contribution in [2.75, 3.05) is 13.2 Å². The first-order valence-electron chi connectivity index (χ1n) is 9.62. The van der Waals surface area contributed by atoms with Crippen molar-refractivity contribution in [3.05, 3.63) is 30.2 Å². The maximum atomic E-state index is 12.0. The van der Waals surface area contributed by atoms with Crippen LogP contribution in [0.4, 0.5) is 0 Å². The van der Waals surface area contributed by atoms with Crippen molar-refractivity contribution in [2.45, 2.75) is 58.3 Å². The molecule has 25 heavy (non-hydrogen) atoms. The van der Waals surface area contributed by atoms with Gasteiger partial charge in [0.1, 0.15) is 0 Å². The van der Waals surface area contributed by atoms with Crippen molar-refractivity contribution in [1.29, 1.82) is 0 Å². The lowest BCUT2D eigenvalue weighted by molar-refractivity contribution is -0.121. The third-order valence-corrected chi connectivity index (χ3v) is 5.00. The van der Waals surface area contributed by atoms with Crippen LogP contribution >= 0.6 is 0 Å². The minimum atomic E-state index is 0.171. The first kappa shape index (κ1) is 17.8. The molecule has 5 nitrogen and oxygen atoms in total. The van der Waals surface area contributed by atoms with Gasteiger partial charge in [0.15, 0.2) is 11.4 Å². The van der Waals surface area contributed by atoms with E-state index in [1.54, 1.807) is 0 Å². The summed E-state index contributed by atoms with van der Waals surface area (Å²) in [6, 6.07) is 3.89. The van der Waals surface area contributed by atoms with Crippen molar-refractivity contribution in [3.63, 3.8) is 0 Å². The molecule has 0 radical (unpaired) electrons. The molecule has 1 aliphatic rings. The normalized spacial score (nSPS) is 15.4. The fraction of sp³-hybridized carbons (Fsp3) is 0.600. The first-order valence-corrected chi connectivity index (χ1v) is 9.62. The van der Waals surface area contributed by atoms with E-state index in [9.17, 15) is 4.79 Å². The summed E-state index contributed by atoms with van der Waals surface area (Å²) >= 11 is 0. The molecule has 136 valence electrons. The highest BCUT2D eigenvalue weighted by atomic mass is 16.5. The molecule has 1 amide bonds. The minimum absolute atomic E-state index is 0.171. The first-order chi connectivity index (χ1) is 12.3. The summed E-state index contributed by atoms with van der Waals surface area (Å²) in [6.45, 7) is 3.23. The zero-order valence-electron chi connectivity index (χ0n) is 15.2. The maximum absolute atomic E-state index is 12.0. The lowest BCUT2D eigenvalue weighted by Crippen LogP contribution is -2.26. The fourth-order valence-corrected chi connectivity index (χ4v) is 3.66. The fourth-order valence-electron chi connectivity index (χ4n) is 3.66. The molecule has 0 atom stereocenters. The second-order valence-electron chi connectivity index (χ2n) is 6.91. The number of amides is 1. The van der Waals surface area contributed by atoms with E-state index in [1.807, 2.05) is 35.9 Å². The highest BCUT2D eigenvalue weighted by molar-refractivity contribution is 5.75. The lowest BCUT2D eigenvalue weighted by Gasteiger charge is -2.20. The van der Waals surface area contributed by atoms with E-state index in [0.29, 0.717) is 19.6 Å². The number of carbonyl (C=O) groups excluding carboxylic acids is 1. The molecule has 5 heteroatoms. The summed E-state index contributed by atoms with van der Waals surface area (Å²) in [5.41, 5.74) is 1.81. The Hall–Kier alpha value is -2.04. The number of aromatic nitrogens is 2. The SMILES string of the molecule is CCOc1cccn2cc(CCNC(=O)CCC3CCCCC3)nc12. The average Bonchev–Trinajstić information content (AvgIpc) is 3.05. The quantitative estimate of drug-likeness (QED) is 0.794. The summed E-state index contributed by atoms with van der Waals surface area (Å²) in [5, 5.41) is 3.04. The molecule has 1 fully saturated rings. The predicted molar refractivity (Wildman–Crippen MR) is 98.9 cm³/mol. The second-order valence-corrected chi connectivity index (χ2v) is 6.91. The molecule has 0 spiro atoms. The van der Waals surface area contributed by atoms with Crippen LogP contribution in [0.25, 0.3) is 5.65 Å². The number of hydrogen-bond donors (Lipinski definition) is 1. The van der Waals surface area contributed by atoms with Crippen molar-refractivity contribution in [2.24, 2.45) is 5.92 Å². The number of pyridine rings is 1. The Morgan fingerprint density at radius 2 is 2.20 bits per heavy atom. The van der Waals surface area contributed by atoms with Crippen LogP contribution in [0.5, 0.6) is 5.75 Å². The monoisotopic (exact) mass is 343 g/mol. The summed E-state index contributed by atoms with van der Waals surface area (Å²) in [6.07, 6.45) is 13.1. The Morgan fingerprint density at radius 1 is 1.36 bits per heavy atom. The number of nitrogens with one attached hydrogen (secondary N) is 1. The molecule has 0 aromatic carbocycles. The summed E-state index contributed by atoms with van der Waals surface area (Å²) < 4.78 is 7.59. The highest BCUT2D eigenvalue weighted by Crippen LogP contribution is 2.27. The van der Waals surface area contributed by atoms with Crippen molar-refractivity contribution >= 4 is 11.6 Å². The maximum Gasteiger partial charge on any atom is 0.220 e. The average molecular weight is 343 g/mol. The second kappa shape index (κ2) is 8.88. The molecule has 0 aliphatic heterocycles. The predicted octanol–water partition coefficient (Wildman–Crippen LogP) is 3.75. The van der Waals surface area contributed by atoms with Gasteiger partial charge in [-0.1, -0.05) is 32.1 Å². The minimum Gasteiger partial charge on any atom is -0.490 e. The van der Waals surface area contributed by atoms with Crippen LogP contribution in [0.1, 0.15) is 57.6 Å². The van der Waals surface area contributed by atoms with Gasteiger partial charge in [0.2, 0.25) is 5.91 Å². The van der Waals surface area contributed by atoms with Gasteiger partial charge in [-0.25, -0.2) is 4.98 Å². The van der Waals surface area contributed by atoms with Crippen LogP contribution in [0.15, 0.2) is 24.5 Å². The summed E-state index contributed by atoms with van der Waals surface area (Å²) in [7, 11) is 0. The Bertz CT molecular complexity index is 689. The molecule has 2 heterocycles. The Labute approximate surface area is 149 Å². The molecule has 0 unspecified atom stereocenters. The van der Waals surface area contributed by atoms with E-state index in [0.717, 1.165) is 35.9 Å². The van der Waals surface area contributed by atoms with Crippen molar-refractivity contribution < 1.29 is 9.53 Å². The topological polar surface area (TPSA) is 55.6 Å². The van der Waals surface area contributed by atoms with E-state index in [2.05, 4.69) is 10.3 Å². The van der Waals surface area contributed by atoms with Gasteiger partial charge in [-0.05, 0) is 31.4 Å². The molecule has 0 bridgehead atoms. The molecular formula is C20H29N3O2. The van der Waals surface area contributed by atoms with Crippen LogP contribution in [-0.4, -0.2) is 28.4 Å². The Balaban J connectivity index is 1.44. The zero-order valence-corrected chi connectivity index (χ0v) is 15.2. The molecule has 2 aromatic rings. The van der Waals surface area contributed by atoms with Crippen LogP contribution in [0, 0.1) is 5.92 Å². The zero-order chi connectivity index (χ0) is 17.5. The third-order valence-electron chi connectivity index (χ3n) is 5.00. The smallest absolute Gasteiger partial charge is 0.220 e. The largest absolute Gasteiger partial charge is 0.490 e. The lowest BCUT2D eigenvalue weighted by atomic mass is 9.86. The van der Waals surface area contributed by atoms with Crippen LogP contribution in [0.3, 0.4) is 0 Å². The van der Waals surface area contributed by atoms with Gasteiger partial charge < -0.3 is 14.5 Å². The number of rotatable bonds is 8. The van der Waals surface area contributed by atoms with E-state index in [-0.39, 0.29) is 5.91 Å². The molecule has 3 rings (SSSR count). The number of ether oxygens (including phenoxy) is 1. The van der Waals surface area contributed by atoms with E-state index < -0.39 is 0 Å². The van der Waals surface area contributed by atoms with Gasteiger partial charge in [0.05, 0.1) is 12.3 Å². The van der Waals surface area contributed by atoms with Crippen LogP contribution in [-0.2, 0) is 11.2 Å². The van der Waals surface area contributed by atoms with E-state index >= 15 is 0 Å². The molecule has 2 aromatic heterocycles. The molecule has 1 saturated carbocycles. The van der Waals surface area contributed by atoms with E-state index in [1.165, 1.54) is 32.1 Å². The number of hydrogen-bond acceptors (Lipinski definition) is 3. The number of fused-ring (bicyclic) bond motifs is 1. The summed E-state index contributed by atoms with van der Waals surface area (Å²) in [4.78, 5) is 16.7. The Morgan fingerprint density at radius 3 is 3.00 bits per heavy atom. The molecule has 0 saturated heterocycles. The number of imidazole rings is 1. The standard InChI is InChI=1S/C20H29N3O2/c1-2-25-18-9-6-14-23-15-17(22-20(18)23)12-13-21-19(24)11-10-16-7-4-3-5-8-16/h6,9,14-16H,2-5,7-8,10-13H2,1H3,(H,21,24). The molecular weight excluding hydrogens is 314 g/mol. The summed E-state index contributed by atoms with van der Waals surface area (Å²) in [5.74, 6) is 1.73. The van der Waals surface area contributed by atoms with Crippen molar-refractivity contribution in [3.8, 4) is 5.75 Å². The number of carbonyl (C=O) groups is 1.